The molecule has 11 nitrogen and oxygen atoms in total. The highest BCUT2D eigenvalue weighted by Crippen LogP contribution is 2.31. The zero-order valence-corrected chi connectivity index (χ0v) is 24.2. The van der Waals surface area contributed by atoms with Gasteiger partial charge in [0.2, 0.25) is 17.7 Å². The summed E-state index contributed by atoms with van der Waals surface area (Å²) in [6.07, 6.45) is 5.42. The van der Waals surface area contributed by atoms with Crippen LogP contribution in [0.2, 0.25) is 0 Å². The standard InChI is InChI=1S/C30H42N4O7/c1-19-8-9-22(16-25(19)35)15-24(33-28(38)20(2)31-26(36)17-34-10-12-40-13-11-34)29(39)32-23(14-21-6-4-5-7-21)27(37)30(3)18-41-30/h6,8-9,16,20,23-24,35H,4-5,7,10-15,17-18H2,1-3H3,(H,31,36)(H,32,39)(H,33,38). The highest BCUT2D eigenvalue weighted by Gasteiger charge is 2.50. The van der Waals surface area contributed by atoms with E-state index in [0.29, 0.717) is 50.5 Å². The molecule has 0 bridgehead atoms. The van der Waals surface area contributed by atoms with Gasteiger partial charge in [0, 0.05) is 19.5 Å². The Hall–Kier alpha value is -3.28. The molecule has 1 aliphatic carbocycles. The summed E-state index contributed by atoms with van der Waals surface area (Å²) in [6, 6.07) is 2.32. The van der Waals surface area contributed by atoms with E-state index in [1.165, 1.54) is 0 Å². The number of amides is 3. The number of nitrogens with one attached hydrogen (secondary N) is 3. The first-order valence-corrected chi connectivity index (χ1v) is 14.4. The van der Waals surface area contributed by atoms with Gasteiger partial charge >= 0.3 is 0 Å². The quantitative estimate of drug-likeness (QED) is 0.202. The van der Waals surface area contributed by atoms with Gasteiger partial charge in [-0.15, -0.1) is 0 Å². The average molecular weight is 571 g/mol. The van der Waals surface area contributed by atoms with Gasteiger partial charge in [0.05, 0.1) is 32.4 Å². The number of ketones is 1. The van der Waals surface area contributed by atoms with Gasteiger partial charge < -0.3 is 30.5 Å². The van der Waals surface area contributed by atoms with Crippen LogP contribution in [0, 0.1) is 6.92 Å². The number of benzene rings is 1. The summed E-state index contributed by atoms with van der Waals surface area (Å²) in [6.45, 7) is 7.88. The van der Waals surface area contributed by atoms with Gasteiger partial charge in [-0.2, -0.15) is 0 Å². The lowest BCUT2D eigenvalue weighted by Crippen LogP contribution is -2.57. The van der Waals surface area contributed by atoms with Crippen LogP contribution in [0.3, 0.4) is 0 Å². The number of phenols is 1. The summed E-state index contributed by atoms with van der Waals surface area (Å²) in [4.78, 5) is 54.6. The zero-order valence-electron chi connectivity index (χ0n) is 24.2. The number of aryl methyl sites for hydroxylation is 1. The van der Waals surface area contributed by atoms with Crippen molar-refractivity contribution >= 4 is 23.5 Å². The maximum Gasteiger partial charge on any atom is 0.243 e. The fourth-order valence-electron chi connectivity index (χ4n) is 5.12. The van der Waals surface area contributed by atoms with Crippen molar-refractivity contribution in [2.24, 2.45) is 0 Å². The third-order valence-electron chi connectivity index (χ3n) is 7.92. The molecule has 4 unspecified atom stereocenters. The van der Waals surface area contributed by atoms with E-state index in [1.54, 1.807) is 39.0 Å². The fourth-order valence-corrected chi connectivity index (χ4v) is 5.12. The van der Waals surface area contributed by atoms with Crippen molar-refractivity contribution in [3.8, 4) is 5.75 Å². The molecule has 0 aromatic heterocycles. The second-order valence-corrected chi connectivity index (χ2v) is 11.5. The molecule has 0 spiro atoms. The van der Waals surface area contributed by atoms with Gasteiger partial charge in [0.25, 0.3) is 0 Å². The first-order valence-electron chi connectivity index (χ1n) is 14.4. The molecule has 1 aromatic carbocycles. The van der Waals surface area contributed by atoms with Crippen LogP contribution in [0.15, 0.2) is 29.8 Å². The average Bonchev–Trinajstić information content (AvgIpc) is 3.48. The Bertz CT molecular complexity index is 1170. The van der Waals surface area contributed by atoms with Gasteiger partial charge in [-0.25, -0.2) is 0 Å². The summed E-state index contributed by atoms with van der Waals surface area (Å²) < 4.78 is 10.7. The summed E-state index contributed by atoms with van der Waals surface area (Å²) in [5.74, 6) is -1.47. The molecule has 41 heavy (non-hydrogen) atoms. The van der Waals surface area contributed by atoms with Crippen molar-refractivity contribution in [1.29, 1.82) is 0 Å². The van der Waals surface area contributed by atoms with Crippen molar-refractivity contribution < 1.29 is 33.8 Å². The molecule has 0 radical (unpaired) electrons. The molecule has 11 heteroatoms. The number of aromatic hydroxyl groups is 1. The van der Waals surface area contributed by atoms with Gasteiger partial charge in [-0.05, 0) is 63.6 Å². The van der Waals surface area contributed by atoms with E-state index in [9.17, 15) is 24.3 Å². The van der Waals surface area contributed by atoms with Crippen LogP contribution in [-0.2, 0) is 35.1 Å². The van der Waals surface area contributed by atoms with Crippen LogP contribution in [0.5, 0.6) is 5.75 Å². The number of carbonyl (C=O) groups excluding carboxylic acids is 4. The number of ether oxygens (including phenoxy) is 2. The minimum Gasteiger partial charge on any atom is -0.508 e. The molecule has 4 N–H and O–H groups in total. The molecule has 2 fully saturated rings. The van der Waals surface area contributed by atoms with E-state index >= 15 is 0 Å². The molecule has 0 saturated carbocycles. The van der Waals surface area contributed by atoms with Crippen molar-refractivity contribution in [3.05, 3.63) is 41.0 Å². The Morgan fingerprint density at radius 3 is 2.39 bits per heavy atom. The highest BCUT2D eigenvalue weighted by atomic mass is 16.6. The molecule has 2 aliphatic heterocycles. The number of Topliss-reactive ketones (excluding diaryl/α,β-unsaturated/α-hetero) is 1. The third kappa shape index (κ3) is 8.61. The first-order chi connectivity index (χ1) is 19.5. The smallest absolute Gasteiger partial charge is 0.243 e. The van der Waals surface area contributed by atoms with E-state index < -0.39 is 35.5 Å². The first kappa shape index (κ1) is 30.7. The van der Waals surface area contributed by atoms with Crippen LogP contribution < -0.4 is 16.0 Å². The normalized spacial score (nSPS) is 22.7. The lowest BCUT2D eigenvalue weighted by molar-refractivity contribution is -0.134. The molecular formula is C30H42N4O7. The summed E-state index contributed by atoms with van der Waals surface area (Å²) in [5.41, 5.74) is 1.52. The minimum atomic E-state index is -1.05. The lowest BCUT2D eigenvalue weighted by Gasteiger charge is -2.27. The monoisotopic (exact) mass is 570 g/mol. The largest absolute Gasteiger partial charge is 0.508 e. The van der Waals surface area contributed by atoms with E-state index in [-0.39, 0.29) is 30.4 Å². The molecule has 3 amide bonds. The fraction of sp³-hybridized carbons (Fsp3) is 0.600. The number of hydrogen-bond donors (Lipinski definition) is 4. The van der Waals surface area contributed by atoms with E-state index in [1.807, 2.05) is 4.90 Å². The maximum atomic E-state index is 13.7. The predicted molar refractivity (Wildman–Crippen MR) is 151 cm³/mol. The Labute approximate surface area is 241 Å². The number of phenolic OH excluding ortho intramolecular Hbond substituents is 1. The van der Waals surface area contributed by atoms with Crippen LogP contribution >= 0.6 is 0 Å². The van der Waals surface area contributed by atoms with Crippen LogP contribution in [0.4, 0.5) is 0 Å². The Morgan fingerprint density at radius 1 is 1.05 bits per heavy atom. The van der Waals surface area contributed by atoms with Crippen molar-refractivity contribution in [1.82, 2.24) is 20.9 Å². The Balaban J connectivity index is 1.45. The minimum absolute atomic E-state index is 0.0803. The molecule has 224 valence electrons. The molecule has 2 saturated heterocycles. The van der Waals surface area contributed by atoms with Gasteiger partial charge in [-0.1, -0.05) is 23.8 Å². The SMILES string of the molecule is Cc1ccc(CC(NC(=O)C(C)NC(=O)CN2CCOCC2)C(=O)NC(CC2=CCCC2)C(=O)C2(C)CO2)cc1O. The molecule has 4 rings (SSSR count). The predicted octanol–water partition coefficient (Wildman–Crippen LogP) is 0.908. The molecule has 4 atom stereocenters. The van der Waals surface area contributed by atoms with Crippen LogP contribution in [0.1, 0.15) is 50.7 Å². The number of allylic oxidation sites excluding steroid dienone is 1. The van der Waals surface area contributed by atoms with Crippen LogP contribution in [-0.4, -0.2) is 96.7 Å². The van der Waals surface area contributed by atoms with E-state index in [2.05, 4.69) is 22.0 Å². The zero-order chi connectivity index (χ0) is 29.6. The number of epoxide rings is 1. The van der Waals surface area contributed by atoms with Gasteiger partial charge in [0.15, 0.2) is 5.78 Å². The Kier molecular flexibility index (Phi) is 10.2. The van der Waals surface area contributed by atoms with Crippen molar-refractivity contribution in [3.63, 3.8) is 0 Å². The number of nitrogens with zero attached hydrogens (tertiary/aromatic N) is 1. The van der Waals surface area contributed by atoms with E-state index in [0.717, 1.165) is 24.8 Å². The number of hydrogen-bond acceptors (Lipinski definition) is 8. The summed E-state index contributed by atoms with van der Waals surface area (Å²) in [7, 11) is 0. The lowest BCUT2D eigenvalue weighted by atomic mass is 9.94. The number of rotatable bonds is 13. The van der Waals surface area contributed by atoms with Crippen molar-refractivity contribution in [2.75, 3.05) is 39.5 Å². The molecule has 3 aliphatic rings. The third-order valence-corrected chi connectivity index (χ3v) is 7.92. The summed E-state index contributed by atoms with van der Waals surface area (Å²) >= 11 is 0. The molecule has 2 heterocycles. The van der Waals surface area contributed by atoms with Gasteiger partial charge in [0.1, 0.15) is 23.4 Å². The van der Waals surface area contributed by atoms with E-state index in [4.69, 9.17) is 9.47 Å². The molecule has 1 aromatic rings. The molecular weight excluding hydrogens is 528 g/mol. The maximum absolute atomic E-state index is 13.7. The highest BCUT2D eigenvalue weighted by molar-refractivity contribution is 5.98. The number of morpholine rings is 1. The number of carbonyl (C=O) groups is 4. The van der Waals surface area contributed by atoms with Gasteiger partial charge in [-0.3, -0.25) is 24.1 Å². The second-order valence-electron chi connectivity index (χ2n) is 11.5. The van der Waals surface area contributed by atoms with Crippen molar-refractivity contribution in [2.45, 2.75) is 76.6 Å². The van der Waals surface area contributed by atoms with Crippen LogP contribution in [0.25, 0.3) is 0 Å². The Morgan fingerprint density at radius 2 is 1.76 bits per heavy atom. The second kappa shape index (κ2) is 13.6. The summed E-state index contributed by atoms with van der Waals surface area (Å²) in [5, 5.41) is 18.6. The topological polar surface area (TPSA) is 150 Å².